The maximum absolute atomic E-state index is 11.6. The van der Waals surface area contributed by atoms with Crippen LogP contribution in [0.2, 0.25) is 0 Å². The number of hydrogen-bond acceptors (Lipinski definition) is 4. The van der Waals surface area contributed by atoms with E-state index in [2.05, 4.69) is 11.7 Å². The van der Waals surface area contributed by atoms with E-state index in [-0.39, 0.29) is 25.2 Å². The van der Waals surface area contributed by atoms with Gasteiger partial charge in [0, 0.05) is 6.42 Å². The van der Waals surface area contributed by atoms with E-state index >= 15 is 0 Å². The van der Waals surface area contributed by atoms with Crippen molar-refractivity contribution in [2.24, 2.45) is 5.92 Å². The quantitative estimate of drug-likeness (QED) is 0.232. The summed E-state index contributed by atoms with van der Waals surface area (Å²) >= 11 is 0. The molecular formula is C20H36O5. The zero-order chi connectivity index (χ0) is 18.9. The second-order valence-corrected chi connectivity index (χ2v) is 7.02. The lowest BCUT2D eigenvalue weighted by atomic mass is 9.99. The summed E-state index contributed by atoms with van der Waals surface area (Å²) in [6, 6.07) is 0. The van der Waals surface area contributed by atoms with Crippen molar-refractivity contribution in [3.63, 3.8) is 0 Å². The van der Waals surface area contributed by atoms with Crippen molar-refractivity contribution in [2.75, 3.05) is 0 Å². The molecular weight excluding hydrogens is 320 g/mol. The van der Waals surface area contributed by atoms with Gasteiger partial charge in [-0.2, -0.15) is 0 Å². The van der Waals surface area contributed by atoms with Gasteiger partial charge in [0.15, 0.2) is 0 Å². The third kappa shape index (κ3) is 17.2. The molecule has 0 fully saturated rings. The molecule has 0 saturated carbocycles. The van der Waals surface area contributed by atoms with Gasteiger partial charge in [0.1, 0.15) is 0 Å². The van der Waals surface area contributed by atoms with Crippen LogP contribution in [0.5, 0.6) is 0 Å². The van der Waals surface area contributed by atoms with Crippen LogP contribution in [0.3, 0.4) is 0 Å². The zero-order valence-corrected chi connectivity index (χ0v) is 16.1. The van der Waals surface area contributed by atoms with Gasteiger partial charge in [-0.15, -0.1) is 0 Å². The fourth-order valence-electron chi connectivity index (χ4n) is 2.80. The molecule has 1 atom stereocenters. The van der Waals surface area contributed by atoms with Crippen LogP contribution < -0.4 is 0 Å². The van der Waals surface area contributed by atoms with E-state index in [0.717, 1.165) is 12.8 Å². The Labute approximate surface area is 152 Å². The van der Waals surface area contributed by atoms with Crippen molar-refractivity contribution in [3.8, 4) is 0 Å². The summed E-state index contributed by atoms with van der Waals surface area (Å²) in [6.45, 7) is 4.22. The Hall–Kier alpha value is -1.39. The fraction of sp³-hybridized carbons (Fsp3) is 0.850. The molecule has 0 aromatic carbocycles. The van der Waals surface area contributed by atoms with E-state index in [1.807, 2.05) is 6.92 Å². The summed E-state index contributed by atoms with van der Waals surface area (Å²) in [7, 11) is 0. The van der Waals surface area contributed by atoms with Gasteiger partial charge in [0.05, 0.1) is 12.8 Å². The molecule has 25 heavy (non-hydrogen) atoms. The normalized spacial score (nSPS) is 11.9. The number of carboxylic acid groups (broad SMARTS) is 1. The Balaban J connectivity index is 3.50. The topological polar surface area (TPSA) is 80.7 Å². The highest BCUT2D eigenvalue weighted by Gasteiger charge is 2.15. The molecule has 0 aliphatic carbocycles. The van der Waals surface area contributed by atoms with Gasteiger partial charge in [-0.3, -0.25) is 14.4 Å². The van der Waals surface area contributed by atoms with Gasteiger partial charge in [0.25, 0.3) is 0 Å². The first-order valence-electron chi connectivity index (χ1n) is 9.91. The number of rotatable bonds is 16. The standard InChI is InChI=1S/C20H36O5/c1-3-4-5-6-7-8-9-10-11-12-13-17(2)16-20(24)25-19(23)15-14-18(21)22/h17H,3-16H2,1-2H3,(H,21,22). The molecule has 0 aromatic heterocycles. The molecule has 5 heteroatoms. The Bertz CT molecular complexity index is 378. The van der Waals surface area contributed by atoms with E-state index in [9.17, 15) is 14.4 Å². The molecule has 0 radical (unpaired) electrons. The molecule has 0 heterocycles. The number of hydrogen-bond donors (Lipinski definition) is 1. The highest BCUT2D eigenvalue weighted by atomic mass is 16.6. The minimum Gasteiger partial charge on any atom is -0.481 e. The minimum absolute atomic E-state index is 0.189. The first-order chi connectivity index (χ1) is 12.0. The van der Waals surface area contributed by atoms with Crippen LogP contribution in [0.15, 0.2) is 0 Å². The molecule has 0 aliphatic rings. The Kier molecular flexibility index (Phi) is 15.2. The van der Waals surface area contributed by atoms with E-state index in [1.54, 1.807) is 0 Å². The van der Waals surface area contributed by atoms with Crippen molar-refractivity contribution < 1.29 is 24.2 Å². The maximum Gasteiger partial charge on any atom is 0.314 e. The van der Waals surface area contributed by atoms with Gasteiger partial charge in [0.2, 0.25) is 0 Å². The average molecular weight is 357 g/mol. The molecule has 0 aliphatic heterocycles. The van der Waals surface area contributed by atoms with Gasteiger partial charge in [-0.05, 0) is 5.92 Å². The molecule has 0 saturated heterocycles. The minimum atomic E-state index is -1.07. The second-order valence-electron chi connectivity index (χ2n) is 7.02. The monoisotopic (exact) mass is 356 g/mol. The van der Waals surface area contributed by atoms with E-state index in [0.29, 0.717) is 0 Å². The van der Waals surface area contributed by atoms with Gasteiger partial charge >= 0.3 is 17.9 Å². The van der Waals surface area contributed by atoms with Crippen molar-refractivity contribution >= 4 is 17.9 Å². The van der Waals surface area contributed by atoms with Crippen LogP contribution in [-0.2, 0) is 19.1 Å². The Morgan fingerprint density at radius 1 is 0.800 bits per heavy atom. The number of unbranched alkanes of at least 4 members (excludes halogenated alkanes) is 9. The van der Waals surface area contributed by atoms with Gasteiger partial charge < -0.3 is 9.84 Å². The zero-order valence-electron chi connectivity index (χ0n) is 16.1. The second kappa shape index (κ2) is 16.1. The lowest BCUT2D eigenvalue weighted by Crippen LogP contribution is -2.15. The lowest BCUT2D eigenvalue weighted by Gasteiger charge is -2.10. The number of ether oxygens (including phenoxy) is 1. The van der Waals surface area contributed by atoms with E-state index in [4.69, 9.17) is 5.11 Å². The van der Waals surface area contributed by atoms with Crippen LogP contribution >= 0.6 is 0 Å². The van der Waals surface area contributed by atoms with E-state index < -0.39 is 17.9 Å². The number of aliphatic carboxylic acids is 1. The molecule has 0 bridgehead atoms. The maximum atomic E-state index is 11.6. The summed E-state index contributed by atoms with van der Waals surface area (Å²) in [6.07, 6.45) is 13.5. The predicted octanol–water partition coefficient (Wildman–Crippen LogP) is 5.26. The number of esters is 2. The fourth-order valence-corrected chi connectivity index (χ4v) is 2.80. The predicted molar refractivity (Wildman–Crippen MR) is 98.2 cm³/mol. The molecule has 0 amide bonds. The summed E-state index contributed by atoms with van der Waals surface area (Å²) in [5, 5.41) is 8.47. The van der Waals surface area contributed by atoms with Crippen LogP contribution in [-0.4, -0.2) is 23.0 Å². The summed E-state index contributed by atoms with van der Waals surface area (Å²) in [5.74, 6) is -2.18. The highest BCUT2D eigenvalue weighted by Crippen LogP contribution is 2.16. The van der Waals surface area contributed by atoms with Gasteiger partial charge in [-0.25, -0.2) is 0 Å². The molecule has 146 valence electrons. The SMILES string of the molecule is CCCCCCCCCCCCC(C)CC(=O)OC(=O)CCC(=O)O. The van der Waals surface area contributed by atoms with Crippen LogP contribution in [0.4, 0.5) is 0 Å². The van der Waals surface area contributed by atoms with Crippen LogP contribution in [0.1, 0.15) is 104 Å². The Morgan fingerprint density at radius 3 is 1.84 bits per heavy atom. The smallest absolute Gasteiger partial charge is 0.314 e. The van der Waals surface area contributed by atoms with E-state index in [1.165, 1.54) is 57.8 Å². The molecule has 1 N–H and O–H groups in total. The highest BCUT2D eigenvalue weighted by molar-refractivity contribution is 5.87. The third-order valence-electron chi connectivity index (χ3n) is 4.34. The largest absolute Gasteiger partial charge is 0.481 e. The number of carbonyl (C=O) groups is 3. The van der Waals surface area contributed by atoms with Crippen LogP contribution in [0, 0.1) is 5.92 Å². The van der Waals surface area contributed by atoms with Crippen molar-refractivity contribution in [1.29, 1.82) is 0 Å². The molecule has 1 unspecified atom stereocenters. The first-order valence-corrected chi connectivity index (χ1v) is 9.91. The summed E-state index contributed by atoms with van der Waals surface area (Å²) < 4.78 is 4.63. The molecule has 5 nitrogen and oxygen atoms in total. The van der Waals surface area contributed by atoms with Crippen molar-refractivity contribution in [2.45, 2.75) is 104 Å². The summed E-state index contributed by atoms with van der Waals surface area (Å²) in [5.41, 5.74) is 0. The summed E-state index contributed by atoms with van der Waals surface area (Å²) in [4.78, 5) is 33.2. The molecule has 0 rings (SSSR count). The average Bonchev–Trinajstić information content (AvgIpc) is 2.54. The van der Waals surface area contributed by atoms with Gasteiger partial charge in [-0.1, -0.05) is 84.5 Å². The lowest BCUT2D eigenvalue weighted by molar-refractivity contribution is -0.161. The third-order valence-corrected chi connectivity index (χ3v) is 4.34. The molecule has 0 aromatic rings. The van der Waals surface area contributed by atoms with Crippen LogP contribution in [0.25, 0.3) is 0 Å². The van der Waals surface area contributed by atoms with Crippen molar-refractivity contribution in [1.82, 2.24) is 0 Å². The first kappa shape index (κ1) is 23.6. The number of carbonyl (C=O) groups excluding carboxylic acids is 2. The Morgan fingerprint density at radius 2 is 1.32 bits per heavy atom. The van der Waals surface area contributed by atoms with Crippen molar-refractivity contribution in [3.05, 3.63) is 0 Å². The number of carboxylic acids is 1. The molecule has 0 spiro atoms.